The predicted octanol–water partition coefficient (Wildman–Crippen LogP) is 3.93. The minimum Gasteiger partial charge on any atom is -0.497 e. The first-order chi connectivity index (χ1) is 14.4. The summed E-state index contributed by atoms with van der Waals surface area (Å²) in [5.41, 5.74) is 4.29. The van der Waals surface area contributed by atoms with Gasteiger partial charge in [-0.2, -0.15) is 0 Å². The van der Waals surface area contributed by atoms with Crippen molar-refractivity contribution in [3.05, 3.63) is 64.9 Å². The number of rotatable bonds is 9. The number of imide groups is 1. The van der Waals surface area contributed by atoms with Gasteiger partial charge in [-0.1, -0.05) is 18.2 Å². The van der Waals surface area contributed by atoms with Gasteiger partial charge in [0.1, 0.15) is 11.4 Å². The van der Waals surface area contributed by atoms with Crippen molar-refractivity contribution < 1.29 is 19.1 Å². The summed E-state index contributed by atoms with van der Waals surface area (Å²) >= 11 is 0. The molecule has 6 nitrogen and oxygen atoms in total. The first-order valence-electron chi connectivity index (χ1n) is 10.1. The molecule has 158 valence electrons. The highest BCUT2D eigenvalue weighted by molar-refractivity contribution is 6.36. The van der Waals surface area contributed by atoms with Crippen LogP contribution in [0.25, 0.3) is 5.57 Å². The summed E-state index contributed by atoms with van der Waals surface area (Å²) in [4.78, 5) is 27.7. The number of aryl methyl sites for hydroxylation is 2. The number of carbonyl (C=O) groups excluding carboxylic acids is 2. The van der Waals surface area contributed by atoms with Crippen molar-refractivity contribution in [1.82, 2.24) is 4.90 Å². The molecule has 0 aromatic heterocycles. The van der Waals surface area contributed by atoms with Crippen LogP contribution in [0.4, 0.5) is 5.69 Å². The van der Waals surface area contributed by atoms with Gasteiger partial charge in [-0.15, -0.1) is 0 Å². The van der Waals surface area contributed by atoms with Gasteiger partial charge in [0.15, 0.2) is 0 Å². The number of anilines is 1. The molecular formula is C24H28N2O4. The molecule has 0 atom stereocenters. The molecule has 0 unspecified atom stereocenters. The first-order valence-corrected chi connectivity index (χ1v) is 10.1. The average molecular weight is 408 g/mol. The molecule has 0 radical (unpaired) electrons. The number of hydrogen-bond acceptors (Lipinski definition) is 5. The summed E-state index contributed by atoms with van der Waals surface area (Å²) in [6, 6.07) is 13.1. The maximum absolute atomic E-state index is 13.2. The van der Waals surface area contributed by atoms with Crippen LogP contribution in [0.3, 0.4) is 0 Å². The van der Waals surface area contributed by atoms with Gasteiger partial charge in [0.2, 0.25) is 0 Å². The maximum atomic E-state index is 13.2. The Kier molecular flexibility index (Phi) is 6.90. The van der Waals surface area contributed by atoms with E-state index in [0.29, 0.717) is 48.8 Å². The zero-order valence-electron chi connectivity index (χ0n) is 18.0. The van der Waals surface area contributed by atoms with Crippen LogP contribution in [0.5, 0.6) is 5.75 Å². The molecule has 1 N–H and O–H groups in total. The van der Waals surface area contributed by atoms with Crippen molar-refractivity contribution in [1.29, 1.82) is 0 Å². The molecule has 0 bridgehead atoms. The summed E-state index contributed by atoms with van der Waals surface area (Å²) in [6.45, 7) is 7.34. The van der Waals surface area contributed by atoms with Crippen molar-refractivity contribution in [3.63, 3.8) is 0 Å². The SMILES string of the molecule is CCOCCCN1C(=O)C(Nc2cc(C)cc(C)c2)=C(c2ccc(OC)cc2)C1=O. The minimum atomic E-state index is -0.318. The van der Waals surface area contributed by atoms with Crippen LogP contribution in [0.15, 0.2) is 48.2 Å². The van der Waals surface area contributed by atoms with Gasteiger partial charge < -0.3 is 14.8 Å². The molecule has 6 heteroatoms. The van der Waals surface area contributed by atoms with Gasteiger partial charge in [-0.25, -0.2) is 0 Å². The van der Waals surface area contributed by atoms with Crippen molar-refractivity contribution in [2.75, 3.05) is 32.2 Å². The standard InChI is InChI=1S/C24H28N2O4/c1-5-30-12-6-11-26-23(27)21(18-7-9-20(29-4)10-8-18)22(24(26)28)25-19-14-16(2)13-17(3)15-19/h7-10,13-15,25H,5-6,11-12H2,1-4H3. The van der Waals surface area contributed by atoms with Crippen LogP contribution >= 0.6 is 0 Å². The van der Waals surface area contributed by atoms with E-state index >= 15 is 0 Å². The van der Waals surface area contributed by atoms with Crippen LogP contribution in [0.2, 0.25) is 0 Å². The predicted molar refractivity (Wildman–Crippen MR) is 117 cm³/mol. The number of benzene rings is 2. The molecule has 0 fully saturated rings. The molecule has 2 amide bonds. The van der Waals surface area contributed by atoms with Crippen molar-refractivity contribution in [2.24, 2.45) is 0 Å². The Morgan fingerprint density at radius 2 is 1.63 bits per heavy atom. The smallest absolute Gasteiger partial charge is 0.278 e. The molecule has 0 saturated carbocycles. The Balaban J connectivity index is 1.96. The minimum absolute atomic E-state index is 0.298. The monoisotopic (exact) mass is 408 g/mol. The molecule has 0 aliphatic carbocycles. The number of nitrogens with one attached hydrogen (secondary N) is 1. The third-order valence-corrected chi connectivity index (χ3v) is 4.91. The first kappa shape index (κ1) is 21.6. The molecule has 1 heterocycles. The average Bonchev–Trinajstić information content (AvgIpc) is 2.94. The summed E-state index contributed by atoms with van der Waals surface area (Å²) in [6.07, 6.45) is 0.595. The molecule has 3 rings (SSSR count). The lowest BCUT2D eigenvalue weighted by Crippen LogP contribution is -2.34. The maximum Gasteiger partial charge on any atom is 0.278 e. The second-order valence-corrected chi connectivity index (χ2v) is 7.29. The molecule has 1 aliphatic rings. The zero-order chi connectivity index (χ0) is 21.7. The number of carbonyl (C=O) groups is 2. The molecule has 0 saturated heterocycles. The van der Waals surface area contributed by atoms with Gasteiger partial charge in [-0.3, -0.25) is 14.5 Å². The van der Waals surface area contributed by atoms with E-state index in [4.69, 9.17) is 9.47 Å². The van der Waals surface area contributed by atoms with E-state index in [1.807, 2.05) is 32.9 Å². The van der Waals surface area contributed by atoms with Crippen LogP contribution < -0.4 is 10.1 Å². The van der Waals surface area contributed by atoms with E-state index < -0.39 is 0 Å². The van der Waals surface area contributed by atoms with E-state index in [0.717, 1.165) is 16.8 Å². The summed E-state index contributed by atoms with van der Waals surface area (Å²) in [5.74, 6) is 0.0727. The highest BCUT2D eigenvalue weighted by Gasteiger charge is 2.38. The Hall–Kier alpha value is -3.12. The van der Waals surface area contributed by atoms with Crippen LogP contribution in [0, 0.1) is 13.8 Å². The number of methoxy groups -OCH3 is 1. The number of ether oxygens (including phenoxy) is 2. The van der Waals surface area contributed by atoms with E-state index in [1.165, 1.54) is 4.90 Å². The van der Waals surface area contributed by atoms with Gasteiger partial charge in [-0.05, 0) is 68.1 Å². The van der Waals surface area contributed by atoms with Gasteiger partial charge >= 0.3 is 0 Å². The number of hydrogen-bond donors (Lipinski definition) is 1. The molecule has 2 aromatic rings. The fourth-order valence-corrected chi connectivity index (χ4v) is 3.58. The number of nitrogens with zero attached hydrogens (tertiary/aromatic N) is 1. The lowest BCUT2D eigenvalue weighted by Gasteiger charge is -2.15. The summed E-state index contributed by atoms with van der Waals surface area (Å²) in [7, 11) is 1.59. The summed E-state index contributed by atoms with van der Waals surface area (Å²) in [5, 5.41) is 3.22. The van der Waals surface area contributed by atoms with Crippen LogP contribution in [-0.4, -0.2) is 43.6 Å². The molecule has 0 spiro atoms. The molecule has 2 aromatic carbocycles. The number of amides is 2. The molecular weight excluding hydrogens is 380 g/mol. The quantitative estimate of drug-likeness (QED) is 0.503. The molecule has 30 heavy (non-hydrogen) atoms. The molecule has 1 aliphatic heterocycles. The second-order valence-electron chi connectivity index (χ2n) is 7.29. The van der Waals surface area contributed by atoms with Gasteiger partial charge in [0, 0.05) is 25.4 Å². The van der Waals surface area contributed by atoms with Crippen LogP contribution in [0.1, 0.15) is 30.0 Å². The van der Waals surface area contributed by atoms with Crippen molar-refractivity contribution in [3.8, 4) is 5.75 Å². The van der Waals surface area contributed by atoms with Crippen molar-refractivity contribution in [2.45, 2.75) is 27.2 Å². The zero-order valence-corrected chi connectivity index (χ0v) is 18.0. The Labute approximate surface area is 177 Å². The van der Waals surface area contributed by atoms with E-state index in [2.05, 4.69) is 11.4 Å². The van der Waals surface area contributed by atoms with E-state index in [9.17, 15) is 9.59 Å². The third kappa shape index (κ3) is 4.71. The normalized spacial score (nSPS) is 13.9. The van der Waals surface area contributed by atoms with E-state index in [1.54, 1.807) is 31.4 Å². The van der Waals surface area contributed by atoms with Crippen molar-refractivity contribution >= 4 is 23.1 Å². The second kappa shape index (κ2) is 9.59. The topological polar surface area (TPSA) is 67.9 Å². The van der Waals surface area contributed by atoms with Gasteiger partial charge in [0.25, 0.3) is 11.8 Å². The Morgan fingerprint density at radius 1 is 0.967 bits per heavy atom. The highest BCUT2D eigenvalue weighted by atomic mass is 16.5. The van der Waals surface area contributed by atoms with E-state index in [-0.39, 0.29) is 11.8 Å². The third-order valence-electron chi connectivity index (χ3n) is 4.91. The van der Waals surface area contributed by atoms with Gasteiger partial charge in [0.05, 0.1) is 12.7 Å². The summed E-state index contributed by atoms with van der Waals surface area (Å²) < 4.78 is 10.6. The fourth-order valence-electron chi connectivity index (χ4n) is 3.58. The largest absolute Gasteiger partial charge is 0.497 e. The van der Waals surface area contributed by atoms with Crippen LogP contribution in [-0.2, 0) is 14.3 Å². The Morgan fingerprint density at radius 3 is 2.23 bits per heavy atom. The fraction of sp³-hybridized carbons (Fsp3) is 0.333. The Bertz CT molecular complexity index is 943. The lowest BCUT2D eigenvalue weighted by molar-refractivity contribution is -0.137. The highest BCUT2D eigenvalue weighted by Crippen LogP contribution is 2.32. The lowest BCUT2D eigenvalue weighted by atomic mass is 10.0.